The van der Waals surface area contributed by atoms with Crippen molar-refractivity contribution >= 4 is 13.7 Å². The quantitative estimate of drug-likeness (QED) is 0.0319. The van der Waals surface area contributed by atoms with Crippen molar-refractivity contribution in [1.29, 1.82) is 0 Å². The van der Waals surface area contributed by atoms with Crippen LogP contribution in [0.3, 0.4) is 0 Å². The fourth-order valence-electron chi connectivity index (χ4n) is 9.58. The van der Waals surface area contributed by atoms with E-state index in [1.165, 1.54) is 257 Å². The number of nitrogens with one attached hydrogen (secondary N) is 1. The van der Waals surface area contributed by atoms with E-state index in [2.05, 4.69) is 19.2 Å². The van der Waals surface area contributed by atoms with Crippen molar-refractivity contribution in [3.63, 3.8) is 0 Å². The van der Waals surface area contributed by atoms with Gasteiger partial charge in [-0.15, -0.1) is 0 Å². The monoisotopic (exact) mass is 986 g/mol. The van der Waals surface area contributed by atoms with E-state index in [0.29, 0.717) is 23.9 Å². The third-order valence-corrected chi connectivity index (χ3v) is 15.3. The summed E-state index contributed by atoms with van der Waals surface area (Å²) in [6, 6.07) is -0.753. The molecule has 1 amide bonds. The van der Waals surface area contributed by atoms with Crippen LogP contribution in [0, 0.1) is 0 Å². The fourth-order valence-corrected chi connectivity index (χ4v) is 10.3. The Morgan fingerprint density at radius 3 is 0.985 bits per heavy atom. The third kappa shape index (κ3) is 53.3. The Morgan fingerprint density at radius 2 is 0.706 bits per heavy atom. The summed E-state index contributed by atoms with van der Waals surface area (Å²) in [4.78, 5) is 23.2. The molecule has 0 fully saturated rings. The normalized spacial score (nSPS) is 13.8. The highest BCUT2D eigenvalue weighted by Gasteiger charge is 2.28. The van der Waals surface area contributed by atoms with Gasteiger partial charge in [-0.05, 0) is 12.8 Å². The minimum Gasteiger partial charge on any atom is -0.391 e. The number of unbranched alkanes of at least 4 members (excludes halogenated alkanes) is 44. The first-order valence-electron chi connectivity index (χ1n) is 30.4. The number of hydrogen-bond acceptors (Lipinski definition) is 5. The average molecular weight is 987 g/mol. The molecule has 3 N–H and O–H groups in total. The van der Waals surface area contributed by atoms with Gasteiger partial charge < -0.3 is 19.8 Å². The van der Waals surface area contributed by atoms with Gasteiger partial charge in [0.2, 0.25) is 5.91 Å². The highest BCUT2D eigenvalue weighted by atomic mass is 31.2. The molecule has 0 saturated carbocycles. The van der Waals surface area contributed by atoms with Gasteiger partial charge in [-0.2, -0.15) is 0 Å². The zero-order chi connectivity index (χ0) is 49.9. The van der Waals surface area contributed by atoms with Gasteiger partial charge in [0.15, 0.2) is 0 Å². The molecule has 0 spiro atoms. The van der Waals surface area contributed by atoms with Crippen molar-refractivity contribution in [2.45, 2.75) is 334 Å². The fraction of sp³-hybridized carbons (Fsp3) is 0.983. The summed E-state index contributed by atoms with van der Waals surface area (Å²) < 4.78 is 23.7. The van der Waals surface area contributed by atoms with Gasteiger partial charge in [-0.25, -0.2) is 4.57 Å². The molecular formula is C59H122N2O6P+. The summed E-state index contributed by atoms with van der Waals surface area (Å²) in [7, 11) is 1.63. The molecule has 9 heteroatoms. The van der Waals surface area contributed by atoms with E-state index >= 15 is 0 Å². The van der Waals surface area contributed by atoms with Gasteiger partial charge in [0.1, 0.15) is 13.2 Å². The second-order valence-electron chi connectivity index (χ2n) is 22.4. The molecule has 0 bridgehead atoms. The van der Waals surface area contributed by atoms with E-state index in [4.69, 9.17) is 9.05 Å². The van der Waals surface area contributed by atoms with Crippen molar-refractivity contribution in [2.75, 3.05) is 40.9 Å². The Balaban J connectivity index is 3.79. The lowest BCUT2D eigenvalue weighted by Gasteiger charge is -2.26. The highest BCUT2D eigenvalue weighted by molar-refractivity contribution is 7.47. The number of likely N-dealkylation sites (N-methyl/N-ethyl adjacent to an activating group) is 1. The largest absolute Gasteiger partial charge is 0.472 e. The highest BCUT2D eigenvalue weighted by Crippen LogP contribution is 2.43. The van der Waals surface area contributed by atoms with Crippen LogP contribution in [0.5, 0.6) is 0 Å². The van der Waals surface area contributed by atoms with Gasteiger partial charge in [0.05, 0.1) is 39.9 Å². The molecule has 68 heavy (non-hydrogen) atoms. The molecule has 0 radical (unpaired) electrons. The molecule has 0 rings (SSSR count). The Kier molecular flexibility index (Phi) is 51.0. The van der Waals surface area contributed by atoms with Crippen LogP contribution in [-0.2, 0) is 18.4 Å². The van der Waals surface area contributed by atoms with Gasteiger partial charge in [-0.1, -0.05) is 303 Å². The number of phosphoric ester groups is 1. The predicted octanol–water partition coefficient (Wildman–Crippen LogP) is 18.4. The molecule has 0 aromatic rings. The molecule has 3 atom stereocenters. The first-order valence-corrected chi connectivity index (χ1v) is 31.9. The van der Waals surface area contributed by atoms with Crippen LogP contribution in [-0.4, -0.2) is 73.4 Å². The Labute approximate surface area is 425 Å². The minimum atomic E-state index is -4.31. The number of hydrogen-bond donors (Lipinski definition) is 3. The standard InChI is InChI=1S/C59H121N2O6P/c1-6-8-10-12-14-16-18-19-20-21-22-23-24-25-26-27-28-29-30-31-32-33-34-35-36-37-38-39-40-41-42-43-45-47-49-51-53-59(63)60-57(56-67-68(64,65)66-55-54-61(3,4)5)58(62)52-50-48-46-44-17-15-13-11-9-7-2/h57-58,62H,6-56H2,1-5H3,(H-,60,63,64,65)/p+1/t57-,58+/m0/s1. The molecule has 0 heterocycles. The number of quaternary nitrogens is 1. The van der Waals surface area contributed by atoms with Crippen LogP contribution in [0.2, 0.25) is 0 Å². The lowest BCUT2D eigenvalue weighted by atomic mass is 10.0. The number of nitrogens with zero attached hydrogens (tertiary/aromatic N) is 1. The zero-order valence-corrected chi connectivity index (χ0v) is 47.5. The topological polar surface area (TPSA) is 105 Å². The lowest BCUT2D eigenvalue weighted by molar-refractivity contribution is -0.870. The van der Waals surface area contributed by atoms with Crippen molar-refractivity contribution < 1.29 is 32.9 Å². The van der Waals surface area contributed by atoms with E-state index in [1.807, 2.05) is 21.1 Å². The third-order valence-electron chi connectivity index (χ3n) is 14.4. The Bertz CT molecular complexity index is 1070. The van der Waals surface area contributed by atoms with Gasteiger partial charge >= 0.3 is 7.82 Å². The molecule has 0 aliphatic carbocycles. The van der Waals surface area contributed by atoms with E-state index in [1.54, 1.807) is 0 Å². The number of phosphoric acid groups is 1. The summed E-state index contributed by atoms with van der Waals surface area (Å²) >= 11 is 0. The molecule has 0 aromatic carbocycles. The first kappa shape index (κ1) is 67.5. The van der Waals surface area contributed by atoms with Crippen molar-refractivity contribution in [3.05, 3.63) is 0 Å². The maximum Gasteiger partial charge on any atom is 0.472 e. The van der Waals surface area contributed by atoms with Gasteiger partial charge in [-0.3, -0.25) is 13.8 Å². The molecular weight excluding hydrogens is 864 g/mol. The van der Waals surface area contributed by atoms with E-state index in [0.717, 1.165) is 38.5 Å². The van der Waals surface area contributed by atoms with Crippen LogP contribution in [0.4, 0.5) is 0 Å². The average Bonchev–Trinajstić information content (AvgIpc) is 3.30. The molecule has 8 nitrogen and oxygen atoms in total. The van der Waals surface area contributed by atoms with Crippen molar-refractivity contribution in [2.24, 2.45) is 0 Å². The molecule has 0 aliphatic heterocycles. The van der Waals surface area contributed by atoms with Crippen LogP contribution in [0.25, 0.3) is 0 Å². The number of carbonyl (C=O) groups is 1. The van der Waals surface area contributed by atoms with Crippen molar-refractivity contribution in [3.8, 4) is 0 Å². The van der Waals surface area contributed by atoms with E-state index in [9.17, 15) is 19.4 Å². The summed E-state index contributed by atoms with van der Waals surface area (Å²) in [6.45, 7) is 4.91. The maximum atomic E-state index is 12.9. The number of carbonyl (C=O) groups excluding carboxylic acids is 1. The molecule has 0 aliphatic rings. The Morgan fingerprint density at radius 1 is 0.441 bits per heavy atom. The van der Waals surface area contributed by atoms with Crippen molar-refractivity contribution in [1.82, 2.24) is 5.32 Å². The number of amides is 1. The lowest BCUT2D eigenvalue weighted by Crippen LogP contribution is -2.46. The zero-order valence-electron chi connectivity index (χ0n) is 46.6. The first-order chi connectivity index (χ1) is 33.0. The Hall–Kier alpha value is -0.500. The molecule has 0 saturated heterocycles. The summed E-state index contributed by atoms with van der Waals surface area (Å²) in [5.41, 5.74) is 0. The van der Waals surface area contributed by atoms with E-state index < -0.39 is 20.0 Å². The number of aliphatic hydroxyl groups excluding tert-OH is 1. The number of aliphatic hydroxyl groups is 1. The number of rotatable bonds is 57. The summed E-state index contributed by atoms with van der Waals surface area (Å²) in [5, 5.41) is 14.0. The van der Waals surface area contributed by atoms with E-state index in [-0.39, 0.29) is 19.1 Å². The SMILES string of the molecule is CCCCCCCCCCCCCCCCCCCCCCCCCCCCCCCCCCCCCCC(=O)N[C@@H](COP(=O)(O)OCC[N+](C)(C)C)[C@H](O)CCCCCCCCCCCC. The molecule has 0 aromatic heterocycles. The minimum absolute atomic E-state index is 0.0786. The second-order valence-corrected chi connectivity index (χ2v) is 23.9. The van der Waals surface area contributed by atoms with Gasteiger partial charge in [0, 0.05) is 6.42 Å². The molecule has 408 valence electrons. The summed E-state index contributed by atoms with van der Waals surface area (Å²) in [6.07, 6.45) is 62.1. The van der Waals surface area contributed by atoms with Crippen LogP contribution in [0.1, 0.15) is 322 Å². The smallest absolute Gasteiger partial charge is 0.391 e. The van der Waals surface area contributed by atoms with Crippen LogP contribution in [0.15, 0.2) is 0 Å². The summed E-state index contributed by atoms with van der Waals surface area (Å²) in [5.74, 6) is -0.138. The predicted molar refractivity (Wildman–Crippen MR) is 296 cm³/mol. The van der Waals surface area contributed by atoms with Crippen LogP contribution < -0.4 is 5.32 Å². The van der Waals surface area contributed by atoms with Crippen LogP contribution >= 0.6 is 7.82 Å². The maximum absolute atomic E-state index is 12.9. The van der Waals surface area contributed by atoms with Gasteiger partial charge in [0.25, 0.3) is 0 Å². The molecule has 1 unspecified atom stereocenters. The second kappa shape index (κ2) is 51.4.